The molecule has 2 amide bonds. The standard InChI is InChI=1S/C24H29N3O2/c1-4-17(3)27-23(29)19-12-6-5-11-18(19)21(24(27)14-7-8-15-24)22(28)26-20-13-9-10-16(2)25-20/h5-6,9-13,17,21H,4,7-8,14-15H2,1-3H3,(H,25,26,28)/t17-,21+/m1/s1. The molecule has 1 aromatic carbocycles. The Balaban J connectivity index is 1.83. The van der Waals surface area contributed by atoms with Gasteiger partial charge in [0.15, 0.2) is 0 Å². The number of nitrogens with one attached hydrogen (secondary N) is 1. The molecule has 0 saturated heterocycles. The van der Waals surface area contributed by atoms with Crippen LogP contribution in [0.25, 0.3) is 0 Å². The highest BCUT2D eigenvalue weighted by molar-refractivity contribution is 6.05. The number of aryl methyl sites for hydroxylation is 1. The summed E-state index contributed by atoms with van der Waals surface area (Å²) in [6.45, 7) is 6.11. The Labute approximate surface area is 172 Å². The first-order chi connectivity index (χ1) is 14.0. The van der Waals surface area contributed by atoms with E-state index >= 15 is 0 Å². The largest absolute Gasteiger partial charge is 0.329 e. The SMILES string of the molecule is CC[C@@H](C)N1C(=O)c2ccccc2[C@@H](C(=O)Nc2cccc(C)n2)C12CCCC2. The minimum Gasteiger partial charge on any atom is -0.329 e. The van der Waals surface area contributed by atoms with Crippen LogP contribution >= 0.6 is 0 Å². The van der Waals surface area contributed by atoms with Gasteiger partial charge in [-0.15, -0.1) is 0 Å². The molecule has 152 valence electrons. The normalized spacial score (nSPS) is 21.1. The molecule has 0 unspecified atom stereocenters. The summed E-state index contributed by atoms with van der Waals surface area (Å²) in [4.78, 5) is 33.7. The first-order valence-electron chi connectivity index (χ1n) is 10.6. The van der Waals surface area contributed by atoms with Crippen LogP contribution in [0.2, 0.25) is 0 Å². The molecule has 1 spiro atoms. The summed E-state index contributed by atoms with van der Waals surface area (Å²) in [5, 5.41) is 3.05. The van der Waals surface area contributed by atoms with Gasteiger partial charge in [-0.25, -0.2) is 4.98 Å². The minimum absolute atomic E-state index is 0.0644. The smallest absolute Gasteiger partial charge is 0.254 e. The molecule has 2 aliphatic rings. The van der Waals surface area contributed by atoms with E-state index in [0.29, 0.717) is 11.4 Å². The van der Waals surface area contributed by atoms with E-state index in [2.05, 4.69) is 24.1 Å². The van der Waals surface area contributed by atoms with E-state index in [-0.39, 0.29) is 17.9 Å². The van der Waals surface area contributed by atoms with E-state index < -0.39 is 11.5 Å². The first kappa shape index (κ1) is 19.6. The maximum Gasteiger partial charge on any atom is 0.254 e. The number of rotatable bonds is 4. The van der Waals surface area contributed by atoms with E-state index in [1.54, 1.807) is 0 Å². The molecule has 1 N–H and O–H groups in total. The number of pyridine rings is 1. The molecule has 2 heterocycles. The summed E-state index contributed by atoms with van der Waals surface area (Å²) in [5.41, 5.74) is 1.90. The van der Waals surface area contributed by atoms with Gasteiger partial charge in [0.25, 0.3) is 5.91 Å². The second kappa shape index (κ2) is 7.62. The zero-order valence-corrected chi connectivity index (χ0v) is 17.4. The quantitative estimate of drug-likeness (QED) is 0.823. The number of benzene rings is 1. The van der Waals surface area contributed by atoms with Crippen molar-refractivity contribution in [1.82, 2.24) is 9.88 Å². The van der Waals surface area contributed by atoms with Crippen molar-refractivity contribution in [3.8, 4) is 0 Å². The highest BCUT2D eigenvalue weighted by atomic mass is 16.2. The summed E-state index contributed by atoms with van der Waals surface area (Å²) in [5.74, 6) is 0.163. The third kappa shape index (κ3) is 3.22. The highest BCUT2D eigenvalue weighted by Gasteiger charge is 2.56. The van der Waals surface area contributed by atoms with Gasteiger partial charge in [0.1, 0.15) is 5.82 Å². The summed E-state index contributed by atoms with van der Waals surface area (Å²) in [6, 6.07) is 13.3. The molecule has 2 atom stereocenters. The lowest BCUT2D eigenvalue weighted by Crippen LogP contribution is -2.62. The van der Waals surface area contributed by atoms with Crippen LogP contribution in [0.5, 0.6) is 0 Å². The molecule has 1 aliphatic carbocycles. The molecule has 0 radical (unpaired) electrons. The van der Waals surface area contributed by atoms with Crippen molar-refractivity contribution < 1.29 is 9.59 Å². The maximum absolute atomic E-state index is 13.7. The fraction of sp³-hybridized carbons (Fsp3) is 0.458. The number of nitrogens with zero attached hydrogens (tertiary/aromatic N) is 2. The second-order valence-electron chi connectivity index (χ2n) is 8.42. The molecule has 1 fully saturated rings. The van der Waals surface area contributed by atoms with Crippen LogP contribution in [0.4, 0.5) is 5.82 Å². The van der Waals surface area contributed by atoms with Crippen molar-refractivity contribution in [1.29, 1.82) is 0 Å². The Hall–Kier alpha value is -2.69. The van der Waals surface area contributed by atoms with Crippen molar-refractivity contribution in [2.24, 2.45) is 0 Å². The lowest BCUT2D eigenvalue weighted by molar-refractivity contribution is -0.121. The molecule has 1 aliphatic heterocycles. The topological polar surface area (TPSA) is 62.3 Å². The van der Waals surface area contributed by atoms with Crippen LogP contribution < -0.4 is 5.32 Å². The van der Waals surface area contributed by atoms with Crippen molar-refractivity contribution in [3.63, 3.8) is 0 Å². The van der Waals surface area contributed by atoms with E-state index in [0.717, 1.165) is 43.4 Å². The zero-order valence-electron chi connectivity index (χ0n) is 17.4. The Kier molecular flexibility index (Phi) is 5.15. The maximum atomic E-state index is 13.7. The average Bonchev–Trinajstić information content (AvgIpc) is 3.17. The lowest BCUT2D eigenvalue weighted by atomic mass is 9.70. The number of hydrogen-bond acceptors (Lipinski definition) is 3. The van der Waals surface area contributed by atoms with E-state index in [4.69, 9.17) is 0 Å². The molecule has 5 nitrogen and oxygen atoms in total. The zero-order chi connectivity index (χ0) is 20.6. The molecule has 0 bridgehead atoms. The molecular formula is C24H29N3O2. The Morgan fingerprint density at radius 1 is 1.21 bits per heavy atom. The van der Waals surface area contributed by atoms with Gasteiger partial charge in [0, 0.05) is 17.3 Å². The van der Waals surface area contributed by atoms with Gasteiger partial charge in [0.2, 0.25) is 5.91 Å². The predicted molar refractivity (Wildman–Crippen MR) is 114 cm³/mol. The summed E-state index contributed by atoms with van der Waals surface area (Å²) >= 11 is 0. The number of anilines is 1. The molecular weight excluding hydrogens is 362 g/mol. The fourth-order valence-corrected chi connectivity index (χ4v) is 5.24. The van der Waals surface area contributed by atoms with Crippen molar-refractivity contribution >= 4 is 17.6 Å². The number of amides is 2. The summed E-state index contributed by atoms with van der Waals surface area (Å²) < 4.78 is 0. The van der Waals surface area contributed by atoms with E-state index in [1.807, 2.05) is 54.3 Å². The van der Waals surface area contributed by atoms with E-state index in [1.165, 1.54) is 0 Å². The number of carbonyl (C=O) groups excluding carboxylic acids is 2. The third-order valence-corrected chi connectivity index (χ3v) is 6.64. The predicted octanol–water partition coefficient (Wildman–Crippen LogP) is 4.68. The van der Waals surface area contributed by atoms with Gasteiger partial charge in [-0.3, -0.25) is 9.59 Å². The van der Waals surface area contributed by atoms with Crippen molar-refractivity contribution in [3.05, 3.63) is 59.3 Å². The number of carbonyl (C=O) groups is 2. The Morgan fingerprint density at radius 3 is 2.62 bits per heavy atom. The number of hydrogen-bond donors (Lipinski definition) is 1. The Bertz CT molecular complexity index is 933. The van der Waals surface area contributed by atoms with Gasteiger partial charge < -0.3 is 10.2 Å². The van der Waals surface area contributed by atoms with Gasteiger partial charge in [0.05, 0.1) is 11.5 Å². The minimum atomic E-state index is -0.464. The van der Waals surface area contributed by atoms with Gasteiger partial charge in [-0.2, -0.15) is 0 Å². The van der Waals surface area contributed by atoms with Crippen molar-refractivity contribution in [2.75, 3.05) is 5.32 Å². The third-order valence-electron chi connectivity index (χ3n) is 6.64. The monoisotopic (exact) mass is 391 g/mol. The van der Waals surface area contributed by atoms with Gasteiger partial charge >= 0.3 is 0 Å². The summed E-state index contributed by atoms with van der Waals surface area (Å²) in [7, 11) is 0. The van der Waals surface area contributed by atoms with Gasteiger partial charge in [-0.05, 0) is 56.9 Å². The number of aromatic nitrogens is 1. The first-order valence-corrected chi connectivity index (χ1v) is 10.6. The van der Waals surface area contributed by atoms with Crippen LogP contribution in [0, 0.1) is 6.92 Å². The van der Waals surface area contributed by atoms with E-state index in [9.17, 15) is 9.59 Å². The Morgan fingerprint density at radius 2 is 1.93 bits per heavy atom. The average molecular weight is 392 g/mol. The highest BCUT2D eigenvalue weighted by Crippen LogP contribution is 2.51. The van der Waals surface area contributed by atoms with Crippen LogP contribution in [0.3, 0.4) is 0 Å². The fourth-order valence-electron chi connectivity index (χ4n) is 5.24. The second-order valence-corrected chi connectivity index (χ2v) is 8.42. The van der Waals surface area contributed by atoms with Crippen LogP contribution in [0.15, 0.2) is 42.5 Å². The van der Waals surface area contributed by atoms with Crippen LogP contribution in [0.1, 0.15) is 73.5 Å². The molecule has 4 rings (SSSR count). The molecule has 1 aromatic heterocycles. The molecule has 5 heteroatoms. The van der Waals surface area contributed by atoms with Gasteiger partial charge in [-0.1, -0.05) is 44.0 Å². The lowest BCUT2D eigenvalue weighted by Gasteiger charge is -2.52. The van der Waals surface area contributed by atoms with Crippen molar-refractivity contribution in [2.45, 2.75) is 70.4 Å². The van der Waals surface area contributed by atoms with Crippen LogP contribution in [-0.4, -0.2) is 33.3 Å². The molecule has 1 saturated carbocycles. The molecule has 2 aromatic rings. The van der Waals surface area contributed by atoms with Crippen LogP contribution in [-0.2, 0) is 4.79 Å². The number of fused-ring (bicyclic) bond motifs is 1. The summed E-state index contributed by atoms with van der Waals surface area (Å²) in [6.07, 6.45) is 4.65. The molecule has 29 heavy (non-hydrogen) atoms.